The molecule has 15 heavy (non-hydrogen) atoms. The summed E-state index contributed by atoms with van der Waals surface area (Å²) in [6.45, 7) is 7.95. The van der Waals surface area contributed by atoms with E-state index in [4.69, 9.17) is 4.74 Å². The van der Waals surface area contributed by atoms with Gasteiger partial charge in [0.05, 0.1) is 6.20 Å². The third-order valence-corrected chi connectivity index (χ3v) is 3.73. The van der Waals surface area contributed by atoms with Crippen LogP contribution in [0, 0.1) is 0 Å². The topological polar surface area (TPSA) is 44.1 Å². The van der Waals surface area contributed by atoms with Crippen LogP contribution in [0.2, 0.25) is 25.7 Å². The van der Waals surface area contributed by atoms with Crippen LogP contribution in [0.1, 0.15) is 0 Å². The van der Waals surface area contributed by atoms with E-state index in [1.807, 2.05) is 0 Å². The van der Waals surface area contributed by atoms with Crippen LogP contribution in [0.15, 0.2) is 23.4 Å². The van der Waals surface area contributed by atoms with E-state index in [0.717, 1.165) is 12.7 Å². The Balaban J connectivity index is 2.33. The zero-order valence-corrected chi connectivity index (χ0v) is 10.6. The Hall–Kier alpha value is -0.943. The van der Waals surface area contributed by atoms with Crippen molar-refractivity contribution in [2.24, 2.45) is 0 Å². The molecule has 0 saturated carbocycles. The molecule has 0 aromatic carbocycles. The van der Waals surface area contributed by atoms with Gasteiger partial charge in [0.15, 0.2) is 0 Å². The van der Waals surface area contributed by atoms with Crippen LogP contribution in [0.3, 0.4) is 0 Å². The van der Waals surface area contributed by atoms with Crippen molar-refractivity contribution in [3.05, 3.63) is 28.9 Å². The molecule has 1 aromatic rings. The van der Waals surface area contributed by atoms with Gasteiger partial charge in [0, 0.05) is 27.1 Å². The standard InChI is InChI=1S/C10H18N2O2Si/c1-15(2,3)7-6-14-9-12-5-4-11-8-10(12)13/h4-5,8H,6-7,9H2,1-3H3. The molecule has 0 N–H and O–H groups in total. The van der Waals surface area contributed by atoms with Gasteiger partial charge in [0.2, 0.25) is 0 Å². The highest BCUT2D eigenvalue weighted by Crippen LogP contribution is 2.07. The summed E-state index contributed by atoms with van der Waals surface area (Å²) >= 11 is 0. The number of hydrogen-bond acceptors (Lipinski definition) is 3. The molecule has 0 bridgehead atoms. The predicted molar refractivity (Wildman–Crippen MR) is 62.6 cm³/mol. The molecule has 5 heteroatoms. The average Bonchev–Trinajstić information content (AvgIpc) is 2.13. The fourth-order valence-corrected chi connectivity index (χ4v) is 1.78. The molecule has 0 spiro atoms. The number of hydrogen-bond donors (Lipinski definition) is 0. The van der Waals surface area contributed by atoms with E-state index in [1.165, 1.54) is 10.8 Å². The Bertz CT molecular complexity index is 357. The first kappa shape index (κ1) is 12.1. The quantitative estimate of drug-likeness (QED) is 0.565. The zero-order valence-electron chi connectivity index (χ0n) is 9.56. The highest BCUT2D eigenvalue weighted by atomic mass is 28.3. The Morgan fingerprint density at radius 1 is 1.47 bits per heavy atom. The minimum Gasteiger partial charge on any atom is -0.361 e. The number of rotatable bonds is 5. The first-order valence-corrected chi connectivity index (χ1v) is 8.78. The third-order valence-electron chi connectivity index (χ3n) is 2.03. The maximum absolute atomic E-state index is 11.2. The second kappa shape index (κ2) is 5.23. The van der Waals surface area contributed by atoms with Gasteiger partial charge in [-0.15, -0.1) is 0 Å². The van der Waals surface area contributed by atoms with Crippen molar-refractivity contribution in [1.29, 1.82) is 0 Å². The van der Waals surface area contributed by atoms with Crippen LogP contribution in [-0.4, -0.2) is 24.2 Å². The van der Waals surface area contributed by atoms with Gasteiger partial charge in [0.25, 0.3) is 5.56 Å². The third kappa shape index (κ3) is 4.90. The lowest BCUT2D eigenvalue weighted by Crippen LogP contribution is -2.24. The molecule has 0 aliphatic rings. The summed E-state index contributed by atoms with van der Waals surface area (Å²) in [5.41, 5.74) is -0.120. The summed E-state index contributed by atoms with van der Waals surface area (Å²) < 4.78 is 6.96. The Morgan fingerprint density at radius 2 is 2.20 bits per heavy atom. The minimum absolute atomic E-state index is 0.120. The minimum atomic E-state index is -1.03. The SMILES string of the molecule is C[Si](C)(C)CCOCn1ccncc1=O. The second-order valence-electron chi connectivity index (χ2n) is 4.73. The zero-order chi connectivity index (χ0) is 11.3. The molecule has 0 radical (unpaired) electrons. The van der Waals surface area contributed by atoms with E-state index >= 15 is 0 Å². The fraction of sp³-hybridized carbons (Fsp3) is 0.600. The van der Waals surface area contributed by atoms with E-state index < -0.39 is 8.07 Å². The van der Waals surface area contributed by atoms with Crippen molar-refractivity contribution in [1.82, 2.24) is 9.55 Å². The molecule has 0 fully saturated rings. The van der Waals surface area contributed by atoms with Gasteiger partial charge in [-0.1, -0.05) is 19.6 Å². The molecular weight excluding hydrogens is 208 g/mol. The number of nitrogens with zero attached hydrogens (tertiary/aromatic N) is 2. The summed E-state index contributed by atoms with van der Waals surface area (Å²) in [4.78, 5) is 15.0. The molecule has 4 nitrogen and oxygen atoms in total. The lowest BCUT2D eigenvalue weighted by molar-refractivity contribution is 0.0845. The lowest BCUT2D eigenvalue weighted by atomic mass is 10.7. The summed E-state index contributed by atoms with van der Waals surface area (Å²) in [5, 5.41) is 0. The van der Waals surface area contributed by atoms with E-state index in [2.05, 4.69) is 24.6 Å². The van der Waals surface area contributed by atoms with Crippen molar-refractivity contribution < 1.29 is 4.74 Å². The van der Waals surface area contributed by atoms with Crippen molar-refractivity contribution >= 4 is 8.07 Å². The summed E-state index contributed by atoms with van der Waals surface area (Å²) in [5.74, 6) is 0. The van der Waals surface area contributed by atoms with Crippen LogP contribution >= 0.6 is 0 Å². The maximum atomic E-state index is 11.2. The van der Waals surface area contributed by atoms with Gasteiger partial charge >= 0.3 is 0 Å². The average molecular weight is 226 g/mol. The van der Waals surface area contributed by atoms with Gasteiger partial charge in [-0.05, 0) is 6.04 Å². The Labute approximate surface area is 90.9 Å². The predicted octanol–water partition coefficient (Wildman–Crippen LogP) is 1.56. The number of ether oxygens (including phenoxy) is 1. The highest BCUT2D eigenvalue weighted by molar-refractivity contribution is 6.76. The van der Waals surface area contributed by atoms with Crippen LogP contribution in [-0.2, 0) is 11.5 Å². The van der Waals surface area contributed by atoms with Gasteiger partial charge in [0.1, 0.15) is 6.73 Å². The highest BCUT2D eigenvalue weighted by Gasteiger charge is 2.11. The van der Waals surface area contributed by atoms with E-state index in [9.17, 15) is 4.79 Å². The molecule has 0 saturated heterocycles. The molecule has 1 aromatic heterocycles. The van der Waals surface area contributed by atoms with Crippen LogP contribution in [0.25, 0.3) is 0 Å². The number of aromatic nitrogens is 2. The summed E-state index contributed by atoms with van der Waals surface area (Å²) in [7, 11) is -1.03. The summed E-state index contributed by atoms with van der Waals surface area (Å²) in [6, 6.07) is 1.12. The molecular formula is C10H18N2O2Si. The van der Waals surface area contributed by atoms with E-state index in [0.29, 0.717) is 6.73 Å². The fourth-order valence-electron chi connectivity index (χ4n) is 1.02. The van der Waals surface area contributed by atoms with Crippen molar-refractivity contribution in [2.45, 2.75) is 32.4 Å². The Morgan fingerprint density at radius 3 is 2.80 bits per heavy atom. The normalized spacial score (nSPS) is 11.7. The van der Waals surface area contributed by atoms with Gasteiger partial charge in [-0.25, -0.2) is 0 Å². The monoisotopic (exact) mass is 226 g/mol. The lowest BCUT2D eigenvalue weighted by Gasteiger charge is -2.15. The van der Waals surface area contributed by atoms with Crippen LogP contribution < -0.4 is 5.56 Å². The molecule has 0 aliphatic carbocycles. The molecule has 0 amide bonds. The van der Waals surface area contributed by atoms with Gasteiger partial charge < -0.3 is 4.74 Å². The molecule has 1 heterocycles. The van der Waals surface area contributed by atoms with Gasteiger partial charge in [-0.3, -0.25) is 14.3 Å². The largest absolute Gasteiger partial charge is 0.361 e. The molecule has 84 valence electrons. The van der Waals surface area contributed by atoms with Crippen molar-refractivity contribution in [2.75, 3.05) is 6.61 Å². The van der Waals surface area contributed by atoms with Crippen molar-refractivity contribution in [3.63, 3.8) is 0 Å². The molecule has 0 unspecified atom stereocenters. The molecule has 0 aliphatic heterocycles. The van der Waals surface area contributed by atoms with E-state index in [-0.39, 0.29) is 5.56 Å². The maximum Gasteiger partial charge on any atom is 0.270 e. The van der Waals surface area contributed by atoms with Crippen molar-refractivity contribution in [3.8, 4) is 0 Å². The van der Waals surface area contributed by atoms with Gasteiger partial charge in [-0.2, -0.15) is 0 Å². The molecule has 0 atom stereocenters. The Kier molecular flexibility index (Phi) is 4.23. The molecule has 1 rings (SSSR count). The smallest absolute Gasteiger partial charge is 0.270 e. The van der Waals surface area contributed by atoms with Crippen LogP contribution in [0.4, 0.5) is 0 Å². The summed E-state index contributed by atoms with van der Waals surface area (Å²) in [6.07, 6.45) is 4.52. The van der Waals surface area contributed by atoms with Crippen LogP contribution in [0.5, 0.6) is 0 Å². The first-order chi connectivity index (χ1) is 6.99. The van der Waals surface area contributed by atoms with E-state index in [1.54, 1.807) is 12.4 Å². The second-order valence-corrected chi connectivity index (χ2v) is 10.4. The first-order valence-electron chi connectivity index (χ1n) is 5.07.